The topological polar surface area (TPSA) is 3.24 Å². The minimum Gasteiger partial charge on any atom is -0.310 e. The van der Waals surface area contributed by atoms with Crippen molar-refractivity contribution in [1.29, 1.82) is 0 Å². The van der Waals surface area contributed by atoms with Gasteiger partial charge >= 0.3 is 0 Å². The van der Waals surface area contributed by atoms with Crippen LogP contribution < -0.4 is 4.90 Å². The van der Waals surface area contributed by atoms with Crippen LogP contribution in [0.4, 0.5) is 17.1 Å². The fourth-order valence-corrected chi connectivity index (χ4v) is 10.2. The van der Waals surface area contributed by atoms with E-state index < -0.39 is 0 Å². The van der Waals surface area contributed by atoms with E-state index in [1.54, 1.807) is 0 Å². The molecule has 0 fully saturated rings. The third-order valence-electron chi connectivity index (χ3n) is 11.9. The van der Waals surface area contributed by atoms with Crippen LogP contribution in [0.25, 0.3) is 75.1 Å². The summed E-state index contributed by atoms with van der Waals surface area (Å²) in [5.41, 5.74) is 13.8. The number of rotatable bonds is 5. The molecule has 10 aromatic rings. The maximum Gasteiger partial charge on any atom is 0.0468 e. The van der Waals surface area contributed by atoms with Crippen LogP contribution in [0.15, 0.2) is 188 Å². The van der Waals surface area contributed by atoms with Crippen molar-refractivity contribution in [2.24, 2.45) is 0 Å². The van der Waals surface area contributed by atoms with Crippen LogP contribution in [-0.2, 0) is 5.41 Å². The summed E-state index contributed by atoms with van der Waals surface area (Å²) in [4.78, 5) is 2.40. The lowest BCUT2D eigenvalue weighted by molar-refractivity contribution is 0.660. The van der Waals surface area contributed by atoms with Crippen LogP contribution in [-0.4, -0.2) is 0 Å². The molecule has 0 atom stereocenters. The van der Waals surface area contributed by atoms with Crippen LogP contribution in [0.5, 0.6) is 0 Å². The predicted molar refractivity (Wildman–Crippen MR) is 237 cm³/mol. The minimum atomic E-state index is 0.00122. The van der Waals surface area contributed by atoms with Crippen molar-refractivity contribution in [2.75, 3.05) is 4.90 Å². The van der Waals surface area contributed by atoms with Crippen LogP contribution in [0, 0.1) is 0 Å². The third-order valence-corrected chi connectivity index (χ3v) is 13.0. The second-order valence-electron chi connectivity index (χ2n) is 15.3. The third kappa shape index (κ3) is 5.06. The molecule has 55 heavy (non-hydrogen) atoms. The van der Waals surface area contributed by atoms with Crippen molar-refractivity contribution in [3.8, 4) is 33.4 Å². The minimum absolute atomic E-state index is 0.00122. The summed E-state index contributed by atoms with van der Waals surface area (Å²) in [6.07, 6.45) is 0. The van der Waals surface area contributed by atoms with Gasteiger partial charge < -0.3 is 4.90 Å². The first kappa shape index (κ1) is 32.0. The van der Waals surface area contributed by atoms with Gasteiger partial charge in [-0.2, -0.15) is 0 Å². The van der Waals surface area contributed by atoms with Gasteiger partial charge in [-0.25, -0.2) is 0 Å². The maximum atomic E-state index is 2.40. The Kier molecular flexibility index (Phi) is 7.14. The summed E-state index contributed by atoms with van der Waals surface area (Å²) in [6, 6.07) is 69.7. The van der Waals surface area contributed by atoms with Crippen LogP contribution >= 0.6 is 11.3 Å². The number of anilines is 3. The van der Waals surface area contributed by atoms with Crippen molar-refractivity contribution in [2.45, 2.75) is 19.3 Å². The van der Waals surface area contributed by atoms with Crippen LogP contribution in [0.2, 0.25) is 0 Å². The molecule has 1 heterocycles. The highest BCUT2D eigenvalue weighted by Gasteiger charge is 2.35. The molecular weight excluding hydrogens is 683 g/mol. The van der Waals surface area contributed by atoms with E-state index in [1.165, 1.54) is 86.2 Å². The zero-order valence-electron chi connectivity index (χ0n) is 30.8. The summed E-state index contributed by atoms with van der Waals surface area (Å²) in [6.45, 7) is 4.68. The fourth-order valence-electron chi connectivity index (χ4n) is 9.09. The second-order valence-corrected chi connectivity index (χ2v) is 16.4. The number of hydrogen-bond donors (Lipinski definition) is 0. The molecule has 1 aromatic heterocycles. The van der Waals surface area contributed by atoms with Gasteiger partial charge in [-0.1, -0.05) is 147 Å². The highest BCUT2D eigenvalue weighted by molar-refractivity contribution is 7.25. The van der Waals surface area contributed by atoms with Crippen molar-refractivity contribution in [1.82, 2.24) is 0 Å². The monoisotopic (exact) mass is 719 g/mol. The van der Waals surface area contributed by atoms with Gasteiger partial charge in [-0.05, 0) is 121 Å². The number of fused-ring (bicyclic) bond motifs is 9. The summed E-state index contributed by atoms with van der Waals surface area (Å²) in [5, 5.41) is 7.72. The van der Waals surface area contributed by atoms with Gasteiger partial charge in [0, 0.05) is 42.6 Å². The summed E-state index contributed by atoms with van der Waals surface area (Å²) in [7, 11) is 0. The van der Waals surface area contributed by atoms with E-state index in [1.807, 2.05) is 11.3 Å². The van der Waals surface area contributed by atoms with Gasteiger partial charge in [0.1, 0.15) is 0 Å². The van der Waals surface area contributed by atoms with E-state index in [0.717, 1.165) is 17.1 Å². The lowest BCUT2D eigenvalue weighted by Crippen LogP contribution is -2.14. The van der Waals surface area contributed by atoms with E-state index in [9.17, 15) is 0 Å². The molecule has 1 nitrogen and oxygen atoms in total. The molecule has 11 rings (SSSR count). The van der Waals surface area contributed by atoms with Crippen molar-refractivity contribution in [3.63, 3.8) is 0 Å². The largest absolute Gasteiger partial charge is 0.310 e. The lowest BCUT2D eigenvalue weighted by Gasteiger charge is -2.26. The zero-order valence-corrected chi connectivity index (χ0v) is 31.6. The first-order chi connectivity index (χ1) is 27.0. The van der Waals surface area contributed by atoms with Gasteiger partial charge in [0.05, 0.1) is 0 Å². The van der Waals surface area contributed by atoms with Gasteiger partial charge in [0.25, 0.3) is 0 Å². The number of benzene rings is 9. The van der Waals surface area contributed by atoms with Crippen molar-refractivity contribution < 1.29 is 0 Å². The molecule has 1 aliphatic rings. The lowest BCUT2D eigenvalue weighted by atomic mass is 9.82. The molecule has 0 N–H and O–H groups in total. The molecule has 0 radical (unpaired) electrons. The molecule has 0 bridgehead atoms. The predicted octanol–water partition coefficient (Wildman–Crippen LogP) is 15.5. The molecule has 0 unspecified atom stereocenters. The Hall–Kier alpha value is -6.48. The average molecular weight is 720 g/mol. The van der Waals surface area contributed by atoms with Gasteiger partial charge in [-0.3, -0.25) is 0 Å². The van der Waals surface area contributed by atoms with Crippen LogP contribution in [0.3, 0.4) is 0 Å². The average Bonchev–Trinajstić information content (AvgIpc) is 3.72. The van der Waals surface area contributed by atoms with Gasteiger partial charge in [0.2, 0.25) is 0 Å². The zero-order chi connectivity index (χ0) is 36.7. The normalized spacial score (nSPS) is 13.1. The molecule has 0 aliphatic heterocycles. The van der Waals surface area contributed by atoms with Gasteiger partial charge in [-0.15, -0.1) is 11.3 Å². The molecule has 0 spiro atoms. The Labute approximate surface area is 325 Å². The second kappa shape index (κ2) is 12.3. The molecule has 9 aromatic carbocycles. The SMILES string of the molecule is CC1(C)c2ccccc2-c2cc(-c3ccc(N(c4ccc(-c5cccc6c5ccc5ccccc56)cc4)c4ccc5sc6ccccc6c5c4)cc3)ccc21. The molecule has 1 aliphatic carbocycles. The fraction of sp³-hybridized carbons (Fsp3) is 0.0566. The quantitative estimate of drug-likeness (QED) is 0.160. The number of thiophene rings is 1. The standard InChI is InChI=1S/C53H37NS/c1-53(2)49-16-7-5-12-45(49)47-32-37(23-30-50(47)53)34-18-24-38(25-19-34)54(40-28-31-52-48(33-40)46-13-6-8-17-51(46)55-52)39-26-20-36(21-27-39)42-14-9-15-43-41-11-4-3-10-35(41)22-29-44(42)43/h3-33H,1-2H3. The van der Waals surface area contributed by atoms with E-state index in [4.69, 9.17) is 0 Å². The smallest absolute Gasteiger partial charge is 0.0468 e. The van der Waals surface area contributed by atoms with Gasteiger partial charge in [0.15, 0.2) is 0 Å². The molecule has 0 saturated carbocycles. The maximum absolute atomic E-state index is 2.40. The Balaban J connectivity index is 1.01. The first-order valence-corrected chi connectivity index (χ1v) is 19.9. The van der Waals surface area contributed by atoms with E-state index in [2.05, 4.69) is 207 Å². The Morgan fingerprint density at radius 2 is 0.982 bits per heavy atom. The van der Waals surface area contributed by atoms with Crippen LogP contribution in [0.1, 0.15) is 25.0 Å². The molecule has 2 heteroatoms. The Bertz CT molecular complexity index is 3110. The number of hydrogen-bond acceptors (Lipinski definition) is 2. The molecule has 260 valence electrons. The highest BCUT2D eigenvalue weighted by Crippen LogP contribution is 2.50. The highest BCUT2D eigenvalue weighted by atomic mass is 32.1. The van der Waals surface area contributed by atoms with E-state index in [-0.39, 0.29) is 5.41 Å². The summed E-state index contributed by atoms with van der Waals surface area (Å²) in [5.74, 6) is 0. The molecule has 0 saturated heterocycles. The molecule has 0 amide bonds. The Morgan fingerprint density at radius 1 is 0.364 bits per heavy atom. The van der Waals surface area contributed by atoms with Crippen molar-refractivity contribution >= 4 is 70.1 Å². The number of nitrogens with zero attached hydrogens (tertiary/aromatic N) is 1. The Morgan fingerprint density at radius 3 is 1.82 bits per heavy atom. The van der Waals surface area contributed by atoms with Crippen molar-refractivity contribution in [3.05, 3.63) is 199 Å². The summed E-state index contributed by atoms with van der Waals surface area (Å²) >= 11 is 1.86. The first-order valence-electron chi connectivity index (χ1n) is 19.1. The molecular formula is C53H37NS. The summed E-state index contributed by atoms with van der Waals surface area (Å²) < 4.78 is 2.62. The van der Waals surface area contributed by atoms with E-state index >= 15 is 0 Å². The van der Waals surface area contributed by atoms with E-state index in [0.29, 0.717) is 0 Å².